The van der Waals surface area contributed by atoms with Gasteiger partial charge in [0.15, 0.2) is 11.5 Å². The summed E-state index contributed by atoms with van der Waals surface area (Å²) in [7, 11) is 0. The Kier molecular flexibility index (Phi) is 5.14. The number of anilines is 1. The Morgan fingerprint density at radius 3 is 2.58 bits per heavy atom. The zero-order valence-corrected chi connectivity index (χ0v) is 19.0. The minimum atomic E-state index is -0.335. The molecule has 164 valence electrons. The Labute approximate surface area is 194 Å². The molecule has 2 aromatic carbocycles. The Morgan fingerprint density at radius 1 is 0.970 bits per heavy atom. The number of carbonyl (C=O) groups is 1. The predicted molar refractivity (Wildman–Crippen MR) is 127 cm³/mol. The number of nitrogens with one attached hydrogen (secondary N) is 1. The lowest BCUT2D eigenvalue weighted by Gasteiger charge is -2.10. The molecule has 0 spiro atoms. The van der Waals surface area contributed by atoms with Crippen molar-refractivity contribution in [3.05, 3.63) is 88.5 Å². The molecule has 0 atom stereocenters. The summed E-state index contributed by atoms with van der Waals surface area (Å²) in [5, 5.41) is 13.1. The number of nitrogens with zero attached hydrogens (tertiary/aromatic N) is 6. The molecule has 0 aliphatic carbocycles. The second kappa shape index (κ2) is 8.14. The van der Waals surface area contributed by atoms with Gasteiger partial charge in [-0.3, -0.25) is 4.79 Å². The van der Waals surface area contributed by atoms with Crippen LogP contribution in [0.4, 0.5) is 5.82 Å². The number of benzene rings is 2. The number of hydrogen-bond donors (Lipinski definition) is 1. The minimum Gasteiger partial charge on any atom is -0.306 e. The fourth-order valence-corrected chi connectivity index (χ4v) is 3.85. The van der Waals surface area contributed by atoms with Crippen molar-refractivity contribution in [1.29, 1.82) is 0 Å². The van der Waals surface area contributed by atoms with Gasteiger partial charge in [-0.1, -0.05) is 29.8 Å². The Balaban J connectivity index is 1.58. The summed E-state index contributed by atoms with van der Waals surface area (Å²) < 4.78 is 3.35. The maximum Gasteiger partial charge on any atom is 0.258 e. The summed E-state index contributed by atoms with van der Waals surface area (Å²) in [5.74, 6) is 0.645. The van der Waals surface area contributed by atoms with E-state index in [1.165, 1.54) is 11.9 Å². The molecule has 0 unspecified atom stereocenters. The van der Waals surface area contributed by atoms with Crippen molar-refractivity contribution < 1.29 is 4.79 Å². The third-order valence-electron chi connectivity index (χ3n) is 5.47. The third kappa shape index (κ3) is 3.74. The van der Waals surface area contributed by atoms with E-state index in [1.54, 1.807) is 45.9 Å². The zero-order valence-electron chi connectivity index (χ0n) is 18.2. The second-order valence-electron chi connectivity index (χ2n) is 7.78. The number of fused-ring (bicyclic) bond motifs is 1. The number of hydrogen-bond acceptors (Lipinski definition) is 5. The molecule has 8 nitrogen and oxygen atoms in total. The van der Waals surface area contributed by atoms with E-state index in [4.69, 9.17) is 11.6 Å². The number of carbonyl (C=O) groups excluding carboxylic acids is 1. The first-order chi connectivity index (χ1) is 15.9. The van der Waals surface area contributed by atoms with Crippen LogP contribution in [0, 0.1) is 20.8 Å². The molecule has 0 saturated carbocycles. The lowest BCUT2D eigenvalue weighted by atomic mass is 10.1. The van der Waals surface area contributed by atoms with E-state index < -0.39 is 0 Å². The van der Waals surface area contributed by atoms with E-state index in [0.29, 0.717) is 33.3 Å². The molecule has 5 aromatic rings. The van der Waals surface area contributed by atoms with Gasteiger partial charge in [-0.2, -0.15) is 14.9 Å². The molecule has 3 aromatic heterocycles. The van der Waals surface area contributed by atoms with Crippen LogP contribution in [0.1, 0.15) is 27.2 Å². The summed E-state index contributed by atoms with van der Waals surface area (Å²) in [4.78, 5) is 21.8. The lowest BCUT2D eigenvalue weighted by Crippen LogP contribution is -2.16. The Morgan fingerprint density at radius 2 is 1.79 bits per heavy atom. The van der Waals surface area contributed by atoms with Crippen LogP contribution in [0.25, 0.3) is 22.5 Å². The monoisotopic (exact) mass is 457 g/mol. The fourth-order valence-electron chi connectivity index (χ4n) is 3.63. The van der Waals surface area contributed by atoms with Gasteiger partial charge in [0.25, 0.3) is 5.91 Å². The molecule has 0 fully saturated rings. The molecule has 5 rings (SSSR count). The molecule has 0 aliphatic heterocycles. The predicted octanol–water partition coefficient (Wildman–Crippen LogP) is 4.83. The molecule has 0 bridgehead atoms. The van der Waals surface area contributed by atoms with Gasteiger partial charge in [0.05, 0.1) is 33.6 Å². The van der Waals surface area contributed by atoms with Gasteiger partial charge < -0.3 is 5.32 Å². The number of rotatable bonds is 4. The van der Waals surface area contributed by atoms with Crippen LogP contribution in [-0.4, -0.2) is 35.4 Å². The third-order valence-corrected chi connectivity index (χ3v) is 5.80. The number of aryl methyl sites for hydroxylation is 3. The van der Waals surface area contributed by atoms with Gasteiger partial charge in [0, 0.05) is 6.07 Å². The molecule has 0 aliphatic rings. The molecular formula is C24H20ClN7O. The Bertz CT molecular complexity index is 1520. The van der Waals surface area contributed by atoms with Gasteiger partial charge in [-0.05, 0) is 56.2 Å². The van der Waals surface area contributed by atoms with Crippen LogP contribution in [0.5, 0.6) is 0 Å². The quantitative estimate of drug-likeness (QED) is 0.417. The average Bonchev–Trinajstić information content (AvgIpc) is 3.39. The van der Waals surface area contributed by atoms with Gasteiger partial charge >= 0.3 is 0 Å². The first kappa shape index (κ1) is 20.8. The van der Waals surface area contributed by atoms with Crippen LogP contribution in [0.2, 0.25) is 5.02 Å². The van der Waals surface area contributed by atoms with E-state index >= 15 is 0 Å². The van der Waals surface area contributed by atoms with Gasteiger partial charge in [-0.25, -0.2) is 14.6 Å². The van der Waals surface area contributed by atoms with E-state index in [1.807, 2.05) is 13.0 Å². The molecule has 1 N–H and O–H groups in total. The van der Waals surface area contributed by atoms with Crippen molar-refractivity contribution in [3.63, 3.8) is 0 Å². The topological polar surface area (TPSA) is 90.5 Å². The highest BCUT2D eigenvalue weighted by Crippen LogP contribution is 2.25. The Hall–Kier alpha value is -4.04. The highest BCUT2D eigenvalue weighted by molar-refractivity contribution is 6.34. The van der Waals surface area contributed by atoms with Gasteiger partial charge in [-0.15, -0.1) is 0 Å². The summed E-state index contributed by atoms with van der Waals surface area (Å²) in [6.07, 6.45) is 3.17. The average molecular weight is 458 g/mol. The molecule has 0 saturated heterocycles. The van der Waals surface area contributed by atoms with E-state index in [0.717, 1.165) is 16.9 Å². The van der Waals surface area contributed by atoms with E-state index in [2.05, 4.69) is 51.5 Å². The molecular weight excluding hydrogens is 438 g/mol. The van der Waals surface area contributed by atoms with E-state index in [-0.39, 0.29) is 5.91 Å². The van der Waals surface area contributed by atoms with Gasteiger partial charge in [0.1, 0.15) is 12.1 Å². The maximum atomic E-state index is 12.9. The zero-order chi connectivity index (χ0) is 23.1. The molecule has 0 radical (unpaired) electrons. The van der Waals surface area contributed by atoms with Crippen molar-refractivity contribution in [2.24, 2.45) is 0 Å². The van der Waals surface area contributed by atoms with Crippen LogP contribution in [0.3, 0.4) is 0 Å². The van der Waals surface area contributed by atoms with Crippen LogP contribution < -0.4 is 5.32 Å². The molecule has 33 heavy (non-hydrogen) atoms. The first-order valence-electron chi connectivity index (χ1n) is 10.3. The van der Waals surface area contributed by atoms with Crippen LogP contribution in [-0.2, 0) is 0 Å². The number of halogens is 1. The largest absolute Gasteiger partial charge is 0.306 e. The van der Waals surface area contributed by atoms with Crippen molar-refractivity contribution in [2.75, 3.05) is 5.32 Å². The van der Waals surface area contributed by atoms with Crippen molar-refractivity contribution in [1.82, 2.24) is 29.5 Å². The van der Waals surface area contributed by atoms with Crippen molar-refractivity contribution >= 4 is 34.4 Å². The maximum absolute atomic E-state index is 12.9. The normalized spacial score (nSPS) is 11.2. The minimum absolute atomic E-state index is 0.335. The van der Waals surface area contributed by atoms with Crippen molar-refractivity contribution in [3.8, 4) is 11.5 Å². The molecule has 3 heterocycles. The van der Waals surface area contributed by atoms with Crippen molar-refractivity contribution in [2.45, 2.75) is 20.8 Å². The highest BCUT2D eigenvalue weighted by atomic mass is 35.5. The summed E-state index contributed by atoms with van der Waals surface area (Å²) in [5.41, 5.74) is 5.01. The van der Waals surface area contributed by atoms with Gasteiger partial charge in [0.2, 0.25) is 0 Å². The van der Waals surface area contributed by atoms with Crippen LogP contribution in [0.15, 0.2) is 61.1 Å². The summed E-state index contributed by atoms with van der Waals surface area (Å²) in [6, 6.07) is 14.8. The fraction of sp³-hybridized carbons (Fsp3) is 0.125. The SMILES string of the molecule is Cc1cc(NC(=O)c2ccccc2Cl)n(-c2ncnc3c2cnn3-c2ccc(C)c(C)c2)n1. The number of amides is 1. The smallest absolute Gasteiger partial charge is 0.258 e. The molecule has 1 amide bonds. The van der Waals surface area contributed by atoms with Crippen LogP contribution >= 0.6 is 11.6 Å². The standard InChI is InChI=1S/C24H20ClN7O/c1-14-8-9-17(10-15(14)2)31-22-19(12-28-31)23(27-13-26-22)32-21(11-16(3)30-32)29-24(33)18-6-4-5-7-20(18)25/h4-13H,1-3H3,(H,29,33). The first-order valence-corrected chi connectivity index (χ1v) is 10.7. The highest BCUT2D eigenvalue weighted by Gasteiger charge is 2.19. The summed E-state index contributed by atoms with van der Waals surface area (Å²) in [6.45, 7) is 5.98. The summed E-state index contributed by atoms with van der Waals surface area (Å²) >= 11 is 6.19. The second-order valence-corrected chi connectivity index (χ2v) is 8.18. The number of aromatic nitrogens is 6. The van der Waals surface area contributed by atoms with E-state index in [9.17, 15) is 4.79 Å². The lowest BCUT2D eigenvalue weighted by molar-refractivity contribution is 0.102. The molecule has 9 heteroatoms.